The summed E-state index contributed by atoms with van der Waals surface area (Å²) < 4.78 is 50.2. The molecule has 0 saturated carbocycles. The minimum atomic E-state index is -1.52. The number of nitrogens with one attached hydrogen (secondary N) is 1. The van der Waals surface area contributed by atoms with E-state index in [1.54, 1.807) is 19.1 Å². The standard InChI is InChI=1S/C30H34F2N2O7/c1-18(41-17-30(2,16-35)34-29(37)27-28(36)25(40-5)10-11-33-27)26(23-8-6-21(31)12-19(23)14-38-3)24-9-7-22(32)13-20(24)15-39-4/h6-13,16,18,26,36H,14-15,17H2,1-5H3,(H,34,37)/t18-,30-/m0/s1. The molecule has 0 radical (unpaired) electrons. The fourth-order valence-corrected chi connectivity index (χ4v) is 4.58. The number of pyridine rings is 1. The second kappa shape index (κ2) is 14.1. The molecule has 3 aromatic rings. The van der Waals surface area contributed by atoms with Crippen LogP contribution in [0.5, 0.6) is 11.5 Å². The summed E-state index contributed by atoms with van der Waals surface area (Å²) in [5.74, 6) is -2.71. The van der Waals surface area contributed by atoms with Crippen molar-refractivity contribution >= 4 is 12.2 Å². The highest BCUT2D eigenvalue weighted by molar-refractivity contribution is 5.97. The number of carbonyl (C=O) groups is 2. The van der Waals surface area contributed by atoms with Crippen LogP contribution >= 0.6 is 0 Å². The molecule has 2 atom stereocenters. The number of halogens is 2. The van der Waals surface area contributed by atoms with E-state index in [-0.39, 0.29) is 31.3 Å². The molecule has 0 unspecified atom stereocenters. The summed E-state index contributed by atoms with van der Waals surface area (Å²) in [5.41, 5.74) is 0.621. The third-order valence-corrected chi connectivity index (χ3v) is 6.58. The van der Waals surface area contributed by atoms with Gasteiger partial charge in [0.1, 0.15) is 23.5 Å². The van der Waals surface area contributed by atoms with E-state index in [0.717, 1.165) is 0 Å². The van der Waals surface area contributed by atoms with Crippen LogP contribution in [-0.2, 0) is 32.2 Å². The Kier molecular flexibility index (Phi) is 10.9. The van der Waals surface area contributed by atoms with Crippen LogP contribution < -0.4 is 10.1 Å². The summed E-state index contributed by atoms with van der Waals surface area (Å²) in [5, 5.41) is 12.9. The molecule has 220 valence electrons. The van der Waals surface area contributed by atoms with Crippen molar-refractivity contribution < 1.29 is 42.4 Å². The van der Waals surface area contributed by atoms with Crippen molar-refractivity contribution in [3.63, 3.8) is 0 Å². The largest absolute Gasteiger partial charge is 0.503 e. The third-order valence-electron chi connectivity index (χ3n) is 6.58. The highest BCUT2D eigenvalue weighted by Crippen LogP contribution is 2.36. The van der Waals surface area contributed by atoms with Crippen molar-refractivity contribution in [3.05, 3.63) is 88.2 Å². The molecule has 0 fully saturated rings. The number of ether oxygens (including phenoxy) is 4. The quantitative estimate of drug-likeness (QED) is 0.275. The normalized spacial score (nSPS) is 13.5. The first-order chi connectivity index (χ1) is 19.6. The number of carbonyl (C=O) groups excluding carboxylic acids is 2. The SMILES string of the molecule is COCc1cc(F)ccc1C(c1ccc(F)cc1COC)[C@H](C)OC[C@](C)(C=O)NC(=O)c1nccc(OC)c1O. The zero-order chi connectivity index (χ0) is 30.2. The van der Waals surface area contributed by atoms with Gasteiger partial charge in [0.2, 0.25) is 0 Å². The maximum absolute atomic E-state index is 14.2. The van der Waals surface area contributed by atoms with Gasteiger partial charge in [-0.1, -0.05) is 12.1 Å². The maximum Gasteiger partial charge on any atom is 0.274 e. The number of hydrogen-bond donors (Lipinski definition) is 2. The molecule has 0 spiro atoms. The fraction of sp³-hybridized carbons (Fsp3) is 0.367. The molecule has 1 heterocycles. The molecule has 9 nitrogen and oxygen atoms in total. The van der Waals surface area contributed by atoms with Crippen LogP contribution in [-0.4, -0.2) is 61.9 Å². The number of benzene rings is 2. The van der Waals surface area contributed by atoms with Gasteiger partial charge in [0, 0.05) is 32.4 Å². The highest BCUT2D eigenvalue weighted by atomic mass is 19.1. The Balaban J connectivity index is 1.96. The third kappa shape index (κ3) is 7.63. The van der Waals surface area contributed by atoms with Gasteiger partial charge in [-0.2, -0.15) is 0 Å². The first kappa shape index (κ1) is 31.6. The van der Waals surface area contributed by atoms with Crippen molar-refractivity contribution in [2.24, 2.45) is 0 Å². The lowest BCUT2D eigenvalue weighted by Crippen LogP contribution is -2.51. The number of methoxy groups -OCH3 is 3. The number of amides is 1. The van der Waals surface area contributed by atoms with Gasteiger partial charge in [-0.05, 0) is 60.4 Å². The fourth-order valence-electron chi connectivity index (χ4n) is 4.58. The van der Waals surface area contributed by atoms with Gasteiger partial charge in [0.15, 0.2) is 17.2 Å². The molecule has 2 N–H and O–H groups in total. The molecule has 0 aliphatic carbocycles. The van der Waals surface area contributed by atoms with Crippen LogP contribution in [0.2, 0.25) is 0 Å². The maximum atomic E-state index is 14.2. The van der Waals surface area contributed by atoms with Crippen molar-refractivity contribution in [1.29, 1.82) is 0 Å². The van der Waals surface area contributed by atoms with Gasteiger partial charge < -0.3 is 34.2 Å². The molecule has 0 saturated heterocycles. The van der Waals surface area contributed by atoms with E-state index in [2.05, 4.69) is 10.3 Å². The summed E-state index contributed by atoms with van der Waals surface area (Å²) in [4.78, 5) is 29.0. The highest BCUT2D eigenvalue weighted by Gasteiger charge is 2.33. The van der Waals surface area contributed by atoms with E-state index >= 15 is 0 Å². The van der Waals surface area contributed by atoms with Crippen LogP contribution in [0.3, 0.4) is 0 Å². The van der Waals surface area contributed by atoms with Crippen LogP contribution in [0.4, 0.5) is 8.78 Å². The number of aromatic hydroxyl groups is 1. The molecule has 1 aromatic heterocycles. The van der Waals surface area contributed by atoms with Crippen molar-refractivity contribution in [3.8, 4) is 11.5 Å². The lowest BCUT2D eigenvalue weighted by Gasteiger charge is -2.32. The summed E-state index contributed by atoms with van der Waals surface area (Å²) in [7, 11) is 4.31. The molecule has 41 heavy (non-hydrogen) atoms. The van der Waals surface area contributed by atoms with Gasteiger partial charge >= 0.3 is 0 Å². The molecule has 0 aliphatic heterocycles. The van der Waals surface area contributed by atoms with Crippen LogP contribution in [0.15, 0.2) is 48.7 Å². The number of rotatable bonds is 14. The minimum Gasteiger partial charge on any atom is -0.503 e. The Morgan fingerprint density at radius 3 is 2.07 bits per heavy atom. The van der Waals surface area contributed by atoms with Gasteiger partial charge in [-0.3, -0.25) is 4.79 Å². The summed E-state index contributed by atoms with van der Waals surface area (Å²) in [6.45, 7) is 3.16. The molecule has 2 aromatic carbocycles. The Morgan fingerprint density at radius 2 is 1.59 bits per heavy atom. The molecule has 3 rings (SSSR count). The van der Waals surface area contributed by atoms with E-state index in [1.165, 1.54) is 64.8 Å². The second-order valence-corrected chi connectivity index (χ2v) is 9.75. The Labute approximate surface area is 237 Å². The summed E-state index contributed by atoms with van der Waals surface area (Å²) in [6, 6.07) is 9.98. The van der Waals surface area contributed by atoms with Gasteiger partial charge in [-0.25, -0.2) is 13.8 Å². The monoisotopic (exact) mass is 572 g/mol. The van der Waals surface area contributed by atoms with E-state index in [1.807, 2.05) is 0 Å². The molecule has 1 amide bonds. The zero-order valence-corrected chi connectivity index (χ0v) is 23.6. The van der Waals surface area contributed by atoms with Crippen LogP contribution in [0.25, 0.3) is 0 Å². The van der Waals surface area contributed by atoms with Crippen molar-refractivity contribution in [2.75, 3.05) is 27.9 Å². The average molecular weight is 573 g/mol. The van der Waals surface area contributed by atoms with E-state index in [0.29, 0.717) is 28.5 Å². The topological polar surface area (TPSA) is 116 Å². The number of aromatic nitrogens is 1. The van der Waals surface area contributed by atoms with E-state index < -0.39 is 40.9 Å². The summed E-state index contributed by atoms with van der Waals surface area (Å²) in [6.07, 6.45) is 1.14. The molecular formula is C30H34F2N2O7. The number of aldehydes is 1. The van der Waals surface area contributed by atoms with Gasteiger partial charge in [-0.15, -0.1) is 0 Å². The van der Waals surface area contributed by atoms with Crippen molar-refractivity contribution in [1.82, 2.24) is 10.3 Å². The van der Waals surface area contributed by atoms with E-state index in [4.69, 9.17) is 18.9 Å². The molecular weight excluding hydrogens is 538 g/mol. The predicted molar refractivity (Wildman–Crippen MR) is 146 cm³/mol. The first-order valence-corrected chi connectivity index (χ1v) is 12.7. The van der Waals surface area contributed by atoms with Crippen molar-refractivity contribution in [2.45, 2.75) is 44.6 Å². The van der Waals surface area contributed by atoms with Gasteiger partial charge in [0.25, 0.3) is 5.91 Å². The Morgan fingerprint density at radius 1 is 1.02 bits per heavy atom. The second-order valence-electron chi connectivity index (χ2n) is 9.75. The Hall–Kier alpha value is -3.93. The molecule has 0 bridgehead atoms. The number of hydrogen-bond acceptors (Lipinski definition) is 8. The minimum absolute atomic E-state index is 0.0444. The first-order valence-electron chi connectivity index (χ1n) is 12.7. The average Bonchev–Trinajstić information content (AvgIpc) is 2.94. The van der Waals surface area contributed by atoms with Gasteiger partial charge in [0.05, 0.1) is 33.0 Å². The predicted octanol–water partition coefficient (Wildman–Crippen LogP) is 4.29. The number of nitrogens with zero attached hydrogens (tertiary/aromatic N) is 1. The molecule has 11 heteroatoms. The zero-order valence-electron chi connectivity index (χ0n) is 23.6. The summed E-state index contributed by atoms with van der Waals surface area (Å²) >= 11 is 0. The Bertz CT molecular complexity index is 1320. The van der Waals surface area contributed by atoms with Crippen LogP contribution in [0, 0.1) is 11.6 Å². The van der Waals surface area contributed by atoms with E-state index in [9.17, 15) is 23.5 Å². The van der Waals surface area contributed by atoms with Crippen LogP contribution in [0.1, 0.15) is 52.5 Å². The lowest BCUT2D eigenvalue weighted by atomic mass is 9.82. The lowest BCUT2D eigenvalue weighted by molar-refractivity contribution is -0.115. The smallest absolute Gasteiger partial charge is 0.274 e. The molecule has 0 aliphatic rings.